The molecule has 1 N–H and O–H groups in total. The summed E-state index contributed by atoms with van der Waals surface area (Å²) in [6, 6.07) is 12.0. The highest BCUT2D eigenvalue weighted by Crippen LogP contribution is 2.37. The molecule has 0 aliphatic rings. The van der Waals surface area contributed by atoms with Gasteiger partial charge in [0.1, 0.15) is 17.4 Å². The molecule has 0 spiro atoms. The number of benzene rings is 3. The van der Waals surface area contributed by atoms with Crippen molar-refractivity contribution in [2.24, 2.45) is 5.41 Å². The fraction of sp³-hybridized carbons (Fsp3) is 0.208. The molecule has 0 aromatic heterocycles. The van der Waals surface area contributed by atoms with E-state index >= 15 is 4.39 Å². The highest BCUT2D eigenvalue weighted by Gasteiger charge is 2.34. The third kappa shape index (κ3) is 5.34. The summed E-state index contributed by atoms with van der Waals surface area (Å²) < 4.78 is 60.5. The molecule has 1 atom stereocenters. The second kappa shape index (κ2) is 9.11. The van der Waals surface area contributed by atoms with Gasteiger partial charge in [0.15, 0.2) is 6.10 Å². The lowest BCUT2D eigenvalue weighted by atomic mass is 9.89. The van der Waals surface area contributed by atoms with E-state index in [1.165, 1.54) is 42.5 Å². The van der Waals surface area contributed by atoms with E-state index in [0.29, 0.717) is 0 Å². The number of carbonyl (C=O) groups is 1. The fourth-order valence-electron chi connectivity index (χ4n) is 3.19. The molecule has 0 heterocycles. The third-order valence-corrected chi connectivity index (χ3v) is 6.83. The maximum absolute atomic E-state index is 15.1. The lowest BCUT2D eigenvalue weighted by molar-refractivity contribution is -0.150. The van der Waals surface area contributed by atoms with Crippen LogP contribution in [0.15, 0.2) is 70.5 Å². The van der Waals surface area contributed by atoms with Gasteiger partial charge >= 0.3 is 5.97 Å². The van der Waals surface area contributed by atoms with E-state index in [1.54, 1.807) is 20.8 Å². The Kier molecular flexibility index (Phi) is 6.81. The first-order chi connectivity index (χ1) is 15.3. The maximum Gasteiger partial charge on any atom is 0.345 e. The zero-order valence-electron chi connectivity index (χ0n) is 18.0. The van der Waals surface area contributed by atoms with E-state index in [-0.39, 0.29) is 31.7 Å². The minimum Gasteiger partial charge on any atom is -0.478 e. The second-order valence-corrected chi connectivity index (χ2v) is 10.8. The molecule has 0 radical (unpaired) electrons. The molecular formula is C24H21ClF2O5S. The van der Waals surface area contributed by atoms with Gasteiger partial charge in [0.05, 0.1) is 9.79 Å². The SMILES string of the molecule is CC(C)(C)C(Oc1ccc(F)cc1-c1ccc(S(=O)(=O)c2cccc(Cl)c2)cc1F)C(=O)O. The summed E-state index contributed by atoms with van der Waals surface area (Å²) in [6.07, 6.45) is -1.30. The third-order valence-electron chi connectivity index (χ3n) is 4.84. The molecule has 0 saturated heterocycles. The van der Waals surface area contributed by atoms with Gasteiger partial charge in [0, 0.05) is 21.6 Å². The molecule has 1 unspecified atom stereocenters. The molecule has 33 heavy (non-hydrogen) atoms. The second-order valence-electron chi connectivity index (χ2n) is 8.45. The molecule has 3 aromatic carbocycles. The predicted molar refractivity (Wildman–Crippen MR) is 120 cm³/mol. The van der Waals surface area contributed by atoms with Crippen molar-refractivity contribution in [3.8, 4) is 16.9 Å². The van der Waals surface area contributed by atoms with Crippen LogP contribution in [0.25, 0.3) is 11.1 Å². The minimum absolute atomic E-state index is 0.0466. The van der Waals surface area contributed by atoms with Gasteiger partial charge in [-0.15, -0.1) is 0 Å². The summed E-state index contributed by atoms with van der Waals surface area (Å²) >= 11 is 5.87. The topological polar surface area (TPSA) is 80.7 Å². The Morgan fingerprint density at radius 1 is 0.970 bits per heavy atom. The number of hydrogen-bond donors (Lipinski definition) is 1. The summed E-state index contributed by atoms with van der Waals surface area (Å²) in [5, 5.41) is 9.76. The van der Waals surface area contributed by atoms with Crippen molar-refractivity contribution in [2.75, 3.05) is 0 Å². The van der Waals surface area contributed by atoms with E-state index in [4.69, 9.17) is 16.3 Å². The Labute approximate surface area is 195 Å². The van der Waals surface area contributed by atoms with Gasteiger partial charge in [-0.25, -0.2) is 22.0 Å². The van der Waals surface area contributed by atoms with Crippen LogP contribution in [0.1, 0.15) is 20.8 Å². The Balaban J connectivity index is 2.08. The molecule has 0 aliphatic carbocycles. The summed E-state index contributed by atoms with van der Waals surface area (Å²) in [7, 11) is -4.06. The number of hydrogen-bond acceptors (Lipinski definition) is 4. The molecule has 3 aromatic rings. The zero-order valence-corrected chi connectivity index (χ0v) is 19.5. The van der Waals surface area contributed by atoms with E-state index < -0.39 is 39.0 Å². The van der Waals surface area contributed by atoms with Crippen LogP contribution in [0.5, 0.6) is 5.75 Å². The fourth-order valence-corrected chi connectivity index (χ4v) is 4.76. The van der Waals surface area contributed by atoms with E-state index in [2.05, 4.69) is 0 Å². The summed E-state index contributed by atoms with van der Waals surface area (Å²) in [5.41, 5.74) is -1.01. The van der Waals surface area contributed by atoms with Gasteiger partial charge in [-0.05, 0) is 54.6 Å². The van der Waals surface area contributed by atoms with Crippen molar-refractivity contribution in [3.63, 3.8) is 0 Å². The molecule has 0 amide bonds. The first-order valence-electron chi connectivity index (χ1n) is 9.80. The lowest BCUT2D eigenvalue weighted by Crippen LogP contribution is -2.39. The van der Waals surface area contributed by atoms with Gasteiger partial charge in [0.25, 0.3) is 0 Å². The number of halogens is 3. The zero-order chi connectivity index (χ0) is 24.6. The molecule has 3 rings (SSSR count). The van der Waals surface area contributed by atoms with Crippen LogP contribution in [-0.2, 0) is 14.6 Å². The van der Waals surface area contributed by atoms with Crippen molar-refractivity contribution in [3.05, 3.63) is 77.3 Å². The standard InChI is InChI=1S/C24H21ClF2O5S/c1-24(2,3)22(23(28)29)32-21-10-7-15(26)12-19(21)18-9-8-17(13-20(18)27)33(30,31)16-6-4-5-14(25)11-16/h4-13,22H,1-3H3,(H,28,29). The summed E-state index contributed by atoms with van der Waals surface area (Å²) in [5.74, 6) is -2.93. The first kappa shape index (κ1) is 24.7. The van der Waals surface area contributed by atoms with Crippen molar-refractivity contribution in [1.82, 2.24) is 0 Å². The van der Waals surface area contributed by atoms with Crippen LogP contribution in [0.3, 0.4) is 0 Å². The maximum atomic E-state index is 15.1. The molecular weight excluding hydrogens is 474 g/mol. The van der Waals surface area contributed by atoms with E-state index in [0.717, 1.165) is 18.2 Å². The van der Waals surface area contributed by atoms with Crippen LogP contribution < -0.4 is 4.74 Å². The molecule has 9 heteroatoms. The Hall–Kier alpha value is -2.97. The number of carboxylic acid groups (broad SMARTS) is 1. The molecule has 0 aliphatic heterocycles. The van der Waals surface area contributed by atoms with Crippen LogP contribution >= 0.6 is 11.6 Å². The van der Waals surface area contributed by atoms with Crippen molar-refractivity contribution in [2.45, 2.75) is 36.7 Å². The smallest absolute Gasteiger partial charge is 0.345 e. The number of ether oxygens (including phenoxy) is 1. The average molecular weight is 495 g/mol. The number of carboxylic acids is 1. The van der Waals surface area contributed by atoms with Gasteiger partial charge in [-0.2, -0.15) is 0 Å². The largest absolute Gasteiger partial charge is 0.478 e. The van der Waals surface area contributed by atoms with Crippen LogP contribution in [-0.4, -0.2) is 25.6 Å². The van der Waals surface area contributed by atoms with E-state index in [9.17, 15) is 22.7 Å². The van der Waals surface area contributed by atoms with Crippen LogP contribution in [0.2, 0.25) is 5.02 Å². The normalized spacial score (nSPS) is 12.9. The van der Waals surface area contributed by atoms with Gasteiger partial charge in [-0.1, -0.05) is 38.4 Å². The Morgan fingerprint density at radius 3 is 2.21 bits per heavy atom. The number of sulfone groups is 1. The number of rotatable bonds is 6. The molecule has 174 valence electrons. The van der Waals surface area contributed by atoms with Crippen molar-refractivity contribution < 1.29 is 31.8 Å². The van der Waals surface area contributed by atoms with Crippen LogP contribution in [0, 0.1) is 17.0 Å². The molecule has 5 nitrogen and oxygen atoms in total. The first-order valence-corrected chi connectivity index (χ1v) is 11.7. The highest BCUT2D eigenvalue weighted by molar-refractivity contribution is 7.91. The molecule has 0 fully saturated rings. The van der Waals surface area contributed by atoms with E-state index in [1.807, 2.05) is 0 Å². The number of aliphatic carboxylic acids is 1. The van der Waals surface area contributed by atoms with Gasteiger partial charge in [0.2, 0.25) is 9.84 Å². The summed E-state index contributed by atoms with van der Waals surface area (Å²) in [6.45, 7) is 4.97. The van der Waals surface area contributed by atoms with Gasteiger partial charge < -0.3 is 9.84 Å². The van der Waals surface area contributed by atoms with Gasteiger partial charge in [-0.3, -0.25) is 0 Å². The van der Waals surface area contributed by atoms with Crippen molar-refractivity contribution in [1.29, 1.82) is 0 Å². The Bertz CT molecular complexity index is 1320. The minimum atomic E-state index is -4.06. The van der Waals surface area contributed by atoms with Crippen LogP contribution in [0.4, 0.5) is 8.78 Å². The predicted octanol–water partition coefficient (Wildman–Crippen LogP) is 6.00. The molecule has 0 saturated carbocycles. The Morgan fingerprint density at radius 2 is 1.64 bits per heavy atom. The highest BCUT2D eigenvalue weighted by atomic mass is 35.5. The van der Waals surface area contributed by atoms with Crippen molar-refractivity contribution >= 4 is 27.4 Å². The quantitative estimate of drug-likeness (QED) is 0.455. The monoisotopic (exact) mass is 494 g/mol. The molecule has 0 bridgehead atoms. The average Bonchev–Trinajstić information content (AvgIpc) is 2.71. The summed E-state index contributed by atoms with van der Waals surface area (Å²) in [4.78, 5) is 11.3. The lowest BCUT2D eigenvalue weighted by Gasteiger charge is -2.28.